The maximum atomic E-state index is 12.9. The summed E-state index contributed by atoms with van der Waals surface area (Å²) in [6.07, 6.45) is -9.13. The smallest absolute Gasteiger partial charge is 0.422 e. The molecule has 0 bridgehead atoms. The fraction of sp³-hybridized carbons (Fsp3) is 0.250. The maximum absolute atomic E-state index is 12.9. The number of alkyl halides is 4. The lowest BCUT2D eigenvalue weighted by atomic mass is 10.3. The number of benzene rings is 1. The molecule has 16 heavy (non-hydrogen) atoms. The quantitative estimate of drug-likeness (QED) is 0.768. The van der Waals surface area contributed by atoms with E-state index in [1.165, 1.54) is 0 Å². The summed E-state index contributed by atoms with van der Waals surface area (Å²) in [5.74, 6) is -4.56. The van der Waals surface area contributed by atoms with Crippen molar-refractivity contribution in [2.75, 3.05) is 0 Å². The van der Waals surface area contributed by atoms with Crippen LogP contribution in [0, 0.1) is 11.6 Å². The highest BCUT2D eigenvalue weighted by Crippen LogP contribution is 2.32. The lowest BCUT2D eigenvalue weighted by Gasteiger charge is -2.17. The van der Waals surface area contributed by atoms with Gasteiger partial charge in [0.1, 0.15) is 0 Å². The molecule has 0 amide bonds. The summed E-state index contributed by atoms with van der Waals surface area (Å²) in [6, 6.07) is 1.22. The topological polar surface area (TPSA) is 9.23 Å². The van der Waals surface area contributed by atoms with Gasteiger partial charge >= 0.3 is 12.5 Å². The third-order valence-electron chi connectivity index (χ3n) is 1.46. The first-order valence-corrected chi connectivity index (χ1v) is 4.53. The van der Waals surface area contributed by atoms with E-state index in [1.807, 2.05) is 0 Å². The predicted molar refractivity (Wildman–Crippen MR) is 45.6 cm³/mol. The molecular formula is C8H3BrF6O. The molecule has 0 aliphatic heterocycles. The van der Waals surface area contributed by atoms with Crippen molar-refractivity contribution in [3.05, 3.63) is 28.2 Å². The van der Waals surface area contributed by atoms with Gasteiger partial charge in [-0.2, -0.15) is 17.6 Å². The molecule has 0 aliphatic carbocycles. The van der Waals surface area contributed by atoms with E-state index in [-0.39, 0.29) is 4.47 Å². The molecule has 0 saturated heterocycles. The van der Waals surface area contributed by atoms with Gasteiger partial charge in [-0.25, -0.2) is 8.78 Å². The van der Waals surface area contributed by atoms with Crippen LogP contribution in [0.15, 0.2) is 16.6 Å². The molecule has 1 aromatic rings. The molecule has 0 unspecified atom stereocenters. The van der Waals surface area contributed by atoms with Crippen molar-refractivity contribution >= 4 is 15.9 Å². The van der Waals surface area contributed by atoms with Gasteiger partial charge in [-0.05, 0) is 12.1 Å². The molecule has 90 valence electrons. The molecule has 0 heterocycles. The molecule has 0 aromatic heterocycles. The molecule has 1 aromatic carbocycles. The average Bonchev–Trinajstić information content (AvgIpc) is 2.11. The summed E-state index contributed by atoms with van der Waals surface area (Å²) in [4.78, 5) is 0. The Hall–Kier alpha value is -0.920. The number of hydrogen-bond acceptors (Lipinski definition) is 1. The Balaban J connectivity index is 3.07. The van der Waals surface area contributed by atoms with E-state index in [1.54, 1.807) is 0 Å². The zero-order chi connectivity index (χ0) is 12.5. The zero-order valence-corrected chi connectivity index (χ0v) is 8.87. The van der Waals surface area contributed by atoms with Crippen LogP contribution < -0.4 is 4.74 Å². The molecule has 0 atom stereocenters. The van der Waals surface area contributed by atoms with Crippen molar-refractivity contribution in [2.24, 2.45) is 0 Å². The first-order valence-electron chi connectivity index (χ1n) is 3.73. The second-order valence-electron chi connectivity index (χ2n) is 2.66. The van der Waals surface area contributed by atoms with Crippen LogP contribution in [0.3, 0.4) is 0 Å². The van der Waals surface area contributed by atoms with Gasteiger partial charge in [0.2, 0.25) is 0 Å². The number of halogens is 7. The van der Waals surface area contributed by atoms with E-state index in [0.29, 0.717) is 12.1 Å². The first kappa shape index (κ1) is 13.1. The van der Waals surface area contributed by atoms with E-state index in [4.69, 9.17) is 0 Å². The highest BCUT2D eigenvalue weighted by molar-refractivity contribution is 9.10. The number of hydrogen-bond donors (Lipinski definition) is 0. The fourth-order valence-electron chi connectivity index (χ4n) is 0.807. The van der Waals surface area contributed by atoms with Crippen molar-refractivity contribution in [2.45, 2.75) is 12.5 Å². The third-order valence-corrected chi connectivity index (χ3v) is 1.91. The van der Waals surface area contributed by atoms with Gasteiger partial charge in [-0.15, -0.1) is 0 Å². The van der Waals surface area contributed by atoms with Crippen LogP contribution in [0.1, 0.15) is 0 Å². The van der Waals surface area contributed by atoms with E-state index in [2.05, 4.69) is 20.7 Å². The Labute approximate surface area is 94.1 Å². The van der Waals surface area contributed by atoms with Crippen LogP contribution in [0.5, 0.6) is 5.75 Å². The SMILES string of the molecule is Fc1cc(Br)cc(F)c1OC(F)(F)C(F)F. The first-order chi connectivity index (χ1) is 7.24. The Bertz CT molecular complexity index is 371. The van der Waals surface area contributed by atoms with Gasteiger partial charge in [0, 0.05) is 4.47 Å². The molecule has 0 saturated carbocycles. The van der Waals surface area contributed by atoms with Gasteiger partial charge in [0.15, 0.2) is 17.4 Å². The minimum Gasteiger partial charge on any atom is -0.422 e. The van der Waals surface area contributed by atoms with Gasteiger partial charge in [-0.3, -0.25) is 0 Å². The van der Waals surface area contributed by atoms with Crippen molar-refractivity contribution in [1.82, 2.24) is 0 Å². The predicted octanol–water partition coefficient (Wildman–Crippen LogP) is 3.96. The maximum Gasteiger partial charge on any atom is 0.461 e. The molecule has 1 nitrogen and oxygen atoms in total. The van der Waals surface area contributed by atoms with E-state index < -0.39 is 29.9 Å². The summed E-state index contributed by atoms with van der Waals surface area (Å²) in [6.45, 7) is 0. The van der Waals surface area contributed by atoms with Crippen molar-refractivity contribution in [3.63, 3.8) is 0 Å². The molecule has 0 N–H and O–H groups in total. The van der Waals surface area contributed by atoms with Gasteiger partial charge in [-0.1, -0.05) is 15.9 Å². The Morgan fingerprint density at radius 1 is 1.12 bits per heavy atom. The molecule has 1 rings (SSSR count). The highest BCUT2D eigenvalue weighted by atomic mass is 79.9. The molecule has 0 radical (unpaired) electrons. The molecule has 8 heteroatoms. The Kier molecular flexibility index (Phi) is 3.72. The Morgan fingerprint density at radius 3 is 1.94 bits per heavy atom. The second kappa shape index (κ2) is 4.52. The average molecular weight is 309 g/mol. The third kappa shape index (κ3) is 2.81. The number of rotatable bonds is 3. The van der Waals surface area contributed by atoms with Gasteiger partial charge < -0.3 is 4.74 Å². The zero-order valence-electron chi connectivity index (χ0n) is 7.29. The second-order valence-corrected chi connectivity index (χ2v) is 3.58. The lowest BCUT2D eigenvalue weighted by molar-refractivity contribution is -0.255. The molecule has 0 fully saturated rings. The summed E-state index contributed by atoms with van der Waals surface area (Å²) in [5.41, 5.74) is 0. The summed E-state index contributed by atoms with van der Waals surface area (Å²) in [7, 11) is 0. The van der Waals surface area contributed by atoms with Crippen LogP contribution >= 0.6 is 15.9 Å². The van der Waals surface area contributed by atoms with Crippen LogP contribution in [-0.2, 0) is 0 Å². The van der Waals surface area contributed by atoms with E-state index >= 15 is 0 Å². The van der Waals surface area contributed by atoms with E-state index in [9.17, 15) is 26.3 Å². The monoisotopic (exact) mass is 308 g/mol. The number of ether oxygens (including phenoxy) is 1. The van der Waals surface area contributed by atoms with Crippen molar-refractivity contribution in [1.29, 1.82) is 0 Å². The van der Waals surface area contributed by atoms with Crippen LogP contribution in [0.2, 0.25) is 0 Å². The van der Waals surface area contributed by atoms with Crippen LogP contribution in [0.25, 0.3) is 0 Å². The van der Waals surface area contributed by atoms with Crippen molar-refractivity contribution in [3.8, 4) is 5.75 Å². The largest absolute Gasteiger partial charge is 0.461 e. The van der Waals surface area contributed by atoms with E-state index in [0.717, 1.165) is 0 Å². The van der Waals surface area contributed by atoms with Crippen LogP contribution in [-0.4, -0.2) is 12.5 Å². The fourth-order valence-corrected chi connectivity index (χ4v) is 1.21. The highest BCUT2D eigenvalue weighted by Gasteiger charge is 2.45. The Morgan fingerprint density at radius 2 is 1.56 bits per heavy atom. The lowest BCUT2D eigenvalue weighted by Crippen LogP contribution is -2.34. The van der Waals surface area contributed by atoms with Crippen molar-refractivity contribution < 1.29 is 31.1 Å². The summed E-state index contributed by atoms with van der Waals surface area (Å²) >= 11 is 2.68. The summed E-state index contributed by atoms with van der Waals surface area (Å²) < 4.78 is 77.3. The van der Waals surface area contributed by atoms with Gasteiger partial charge in [0.25, 0.3) is 0 Å². The minimum absolute atomic E-state index is 0.0739. The molecule has 0 spiro atoms. The summed E-state index contributed by atoms with van der Waals surface area (Å²) in [5, 5.41) is 0. The molecular weight excluding hydrogens is 306 g/mol. The standard InChI is InChI=1S/C8H3BrF6O/c9-3-1-4(10)6(5(11)2-3)16-8(14,15)7(12)13/h1-2,7H. The molecule has 0 aliphatic rings. The van der Waals surface area contributed by atoms with Gasteiger partial charge in [0.05, 0.1) is 0 Å². The van der Waals surface area contributed by atoms with Crippen LogP contribution in [0.4, 0.5) is 26.3 Å². The minimum atomic E-state index is -4.95. The normalized spacial score (nSPS) is 12.0.